The Labute approximate surface area is 554 Å². The van der Waals surface area contributed by atoms with Crippen molar-refractivity contribution in [1.29, 1.82) is 0 Å². The van der Waals surface area contributed by atoms with Gasteiger partial charge in [0.05, 0.1) is 43.9 Å². The summed E-state index contributed by atoms with van der Waals surface area (Å²) in [7, 11) is -1.49. The molecule has 4 bridgehead atoms. The number of hydrogen-bond donors (Lipinski definition) is 0. The van der Waals surface area contributed by atoms with E-state index in [9.17, 15) is 27.2 Å². The van der Waals surface area contributed by atoms with Crippen molar-refractivity contribution in [3.63, 3.8) is 0 Å². The molecular weight excluding hydrogens is 1230 g/mol. The summed E-state index contributed by atoms with van der Waals surface area (Å²) in [6.45, 7) is 12.5. The molecule has 0 unspecified atom stereocenters. The van der Waals surface area contributed by atoms with Crippen LogP contribution in [0.25, 0.3) is 0 Å². The van der Waals surface area contributed by atoms with E-state index in [2.05, 4.69) is 147 Å². The third-order valence-electron chi connectivity index (χ3n) is 18.7. The van der Waals surface area contributed by atoms with Gasteiger partial charge in [0.15, 0.2) is 44.1 Å². The van der Waals surface area contributed by atoms with Crippen LogP contribution in [0.3, 0.4) is 0 Å². The van der Waals surface area contributed by atoms with E-state index in [1.54, 1.807) is 30.3 Å². The Hall–Kier alpha value is -7.39. The predicted octanol–water partition coefficient (Wildman–Crippen LogP) is 19.9. The molecule has 5 fully saturated rings. The molecule has 6 nitrogen and oxygen atoms in total. The highest BCUT2D eigenvalue weighted by atomic mass is 32.2. The van der Waals surface area contributed by atoms with Gasteiger partial charge in [-0.3, -0.25) is 0 Å². The maximum Gasteiger partial charge on any atom is 0.337 e. The minimum absolute atomic E-state index is 0.00682. The molecule has 0 aliphatic heterocycles. The van der Waals surface area contributed by atoms with Crippen LogP contribution in [0.1, 0.15) is 100 Å². The SMILES string of the molecule is CCC1(OCC(=O)Oc2c(C)cc([S+](c3ccccc3)c3ccccc3)cc2C)CCCC1.Cc1cc([S+](c2ccccc2)c2ccccc2)cc(C)c1OC(=O)COC1(C)C2CC3CC(C2)CC1C3.Fc1cc(F)cc([S+](c2ccccc2)c2cc(F)cc(F)c2)c1. The van der Waals surface area contributed by atoms with Crippen molar-refractivity contribution in [1.82, 2.24) is 0 Å². The first kappa shape index (κ1) is 67.0. The van der Waals surface area contributed by atoms with Crippen molar-refractivity contribution in [2.45, 2.75) is 161 Å². The molecule has 9 aromatic rings. The molecule has 93 heavy (non-hydrogen) atoms. The van der Waals surface area contributed by atoms with Crippen molar-refractivity contribution >= 4 is 44.6 Å². The van der Waals surface area contributed by atoms with Crippen LogP contribution in [0.15, 0.2) is 256 Å². The lowest BCUT2D eigenvalue weighted by molar-refractivity contribution is -0.199. The van der Waals surface area contributed by atoms with Crippen LogP contribution in [-0.2, 0) is 51.7 Å². The lowest BCUT2D eigenvalue weighted by Gasteiger charge is -2.59. The van der Waals surface area contributed by atoms with E-state index in [1.165, 1.54) is 98.6 Å². The summed E-state index contributed by atoms with van der Waals surface area (Å²) in [4.78, 5) is 34.5. The number of ether oxygens (including phenoxy) is 4. The van der Waals surface area contributed by atoms with Crippen molar-refractivity contribution < 1.29 is 46.1 Å². The normalized spacial score (nSPS) is 19.2. The van der Waals surface area contributed by atoms with Crippen LogP contribution in [0.4, 0.5) is 17.6 Å². The first-order chi connectivity index (χ1) is 44.9. The Morgan fingerprint density at radius 2 is 0.677 bits per heavy atom. The lowest BCUT2D eigenvalue weighted by atomic mass is 9.50. The van der Waals surface area contributed by atoms with E-state index in [-0.39, 0.29) is 58.1 Å². The Balaban J connectivity index is 0.000000147. The maximum absolute atomic E-state index is 13.6. The van der Waals surface area contributed by atoms with Gasteiger partial charge in [0.25, 0.3) is 0 Å². The highest BCUT2D eigenvalue weighted by molar-refractivity contribution is 7.97. The van der Waals surface area contributed by atoms with Gasteiger partial charge in [-0.1, -0.05) is 111 Å². The van der Waals surface area contributed by atoms with Gasteiger partial charge < -0.3 is 18.9 Å². The summed E-state index contributed by atoms with van der Waals surface area (Å²) in [5, 5.41) is 0. The van der Waals surface area contributed by atoms with Gasteiger partial charge in [0.1, 0.15) is 48.0 Å². The molecule has 0 N–H and O–H groups in total. The quantitative estimate of drug-likeness (QED) is 0.0369. The zero-order chi connectivity index (χ0) is 65.2. The summed E-state index contributed by atoms with van der Waals surface area (Å²) >= 11 is 0. The minimum Gasteiger partial charge on any atom is -0.424 e. The van der Waals surface area contributed by atoms with Crippen LogP contribution in [-0.4, -0.2) is 36.4 Å². The molecule has 5 aliphatic rings. The van der Waals surface area contributed by atoms with Gasteiger partial charge in [0.2, 0.25) is 0 Å². The van der Waals surface area contributed by atoms with E-state index in [1.807, 2.05) is 39.8 Å². The van der Waals surface area contributed by atoms with Crippen LogP contribution in [0.2, 0.25) is 0 Å². The second-order valence-corrected chi connectivity index (χ2v) is 31.3. The number of halogens is 4. The van der Waals surface area contributed by atoms with Crippen molar-refractivity contribution in [3.8, 4) is 11.5 Å². The van der Waals surface area contributed by atoms with Crippen LogP contribution < -0.4 is 9.47 Å². The van der Waals surface area contributed by atoms with Crippen molar-refractivity contribution in [2.24, 2.45) is 23.7 Å². The van der Waals surface area contributed by atoms with Gasteiger partial charge in [-0.15, -0.1) is 0 Å². The molecule has 0 radical (unpaired) electrons. The van der Waals surface area contributed by atoms with E-state index in [0.29, 0.717) is 38.0 Å². The first-order valence-electron chi connectivity index (χ1n) is 32.3. The van der Waals surface area contributed by atoms with E-state index in [0.717, 1.165) is 65.5 Å². The summed E-state index contributed by atoms with van der Waals surface area (Å²) in [5.74, 6) is 0.717. The fraction of sp³-hybridized carbons (Fsp3) is 0.300. The summed E-state index contributed by atoms with van der Waals surface area (Å²) < 4.78 is 78.6. The number of carbonyl (C=O) groups is 2. The molecule has 5 aliphatic carbocycles. The molecule has 13 heteroatoms. The number of carbonyl (C=O) groups excluding carboxylic acids is 2. The van der Waals surface area contributed by atoms with Crippen LogP contribution in [0.5, 0.6) is 11.5 Å². The average molecular weight is 1310 g/mol. The average Bonchev–Trinajstić information content (AvgIpc) is 0.873. The molecule has 0 saturated heterocycles. The summed E-state index contributed by atoms with van der Waals surface area (Å²) in [6.07, 6.45) is 11.8. The number of esters is 2. The molecule has 0 atom stereocenters. The number of rotatable bonds is 18. The fourth-order valence-corrected chi connectivity index (χ4v) is 21.1. The number of aryl methyl sites for hydroxylation is 4. The summed E-state index contributed by atoms with van der Waals surface area (Å²) in [6, 6.07) is 66.2. The Bertz CT molecular complexity index is 3760. The van der Waals surface area contributed by atoms with Crippen LogP contribution >= 0.6 is 0 Å². The Morgan fingerprint density at radius 1 is 0.398 bits per heavy atom. The van der Waals surface area contributed by atoms with Gasteiger partial charge in [0, 0.05) is 60.7 Å². The standard InChI is InChI=1S/C33H37O3S.C29H33O3S.C18H11F4S/c1-22-14-30(37(28-10-6-4-7-11-28)29-12-8-5-9-13-29)15-23(2)32(22)36-31(34)21-35-33(3)26-17-24-16-25(19-26)20-27(33)18-24;1-4-29(17-11-12-18-29)31-21-27(30)32-28-22(2)19-26(20-23(28)3)33(24-13-7-5-8-14-24)25-15-9-6-10-16-25;19-12-6-13(20)9-17(8-12)23(16-4-2-1-3-5-16)18-10-14(21)7-15(22)11-18/h4-15,24-27H,16-21H2,1-3H3;5-10,13-16,19-20H,4,11-12,17-18,21H2,1-3H3;1-11H/q3*+1. The molecular formula is C80H81F4O6S3+3. The zero-order valence-electron chi connectivity index (χ0n) is 53.7. The van der Waals surface area contributed by atoms with Gasteiger partial charge in [-0.2, -0.15) is 0 Å². The topological polar surface area (TPSA) is 71.1 Å². The number of benzene rings is 9. The smallest absolute Gasteiger partial charge is 0.337 e. The highest BCUT2D eigenvalue weighted by Crippen LogP contribution is 2.59. The third kappa shape index (κ3) is 16.2. The molecule has 480 valence electrons. The zero-order valence-corrected chi connectivity index (χ0v) is 56.1. The van der Waals surface area contributed by atoms with Crippen LogP contribution in [0, 0.1) is 74.6 Å². The molecule has 9 aromatic carbocycles. The Morgan fingerprint density at radius 3 is 0.978 bits per heavy atom. The van der Waals surface area contributed by atoms with Crippen molar-refractivity contribution in [3.05, 3.63) is 258 Å². The van der Waals surface area contributed by atoms with Gasteiger partial charge in [-0.25, -0.2) is 27.2 Å². The largest absolute Gasteiger partial charge is 0.424 e. The molecule has 0 amide bonds. The fourth-order valence-electron chi connectivity index (χ4n) is 14.4. The number of hydrogen-bond acceptors (Lipinski definition) is 6. The monoisotopic (exact) mass is 1310 g/mol. The molecule has 14 rings (SSSR count). The predicted molar refractivity (Wildman–Crippen MR) is 363 cm³/mol. The minimum atomic E-state index is -1.02. The maximum atomic E-state index is 13.6. The van der Waals surface area contributed by atoms with Gasteiger partial charge in [-0.05, 0) is 193 Å². The first-order valence-corrected chi connectivity index (χ1v) is 35.9. The van der Waals surface area contributed by atoms with E-state index < -0.39 is 34.2 Å². The van der Waals surface area contributed by atoms with E-state index >= 15 is 0 Å². The third-order valence-corrected chi connectivity index (χ3v) is 25.3. The second kappa shape index (κ2) is 30.3. The Kier molecular flexibility index (Phi) is 21.9. The van der Waals surface area contributed by atoms with Gasteiger partial charge >= 0.3 is 11.9 Å². The summed E-state index contributed by atoms with van der Waals surface area (Å²) in [5.41, 5.74) is 3.57. The molecule has 0 aromatic heterocycles. The second-order valence-electron chi connectivity index (χ2n) is 25.2. The molecule has 5 saturated carbocycles. The highest BCUT2D eigenvalue weighted by Gasteiger charge is 2.56. The van der Waals surface area contributed by atoms with E-state index in [4.69, 9.17) is 18.9 Å². The molecule has 0 heterocycles. The molecule has 0 spiro atoms. The lowest BCUT2D eigenvalue weighted by Crippen LogP contribution is -2.57. The van der Waals surface area contributed by atoms with Crippen molar-refractivity contribution in [2.75, 3.05) is 13.2 Å².